The summed E-state index contributed by atoms with van der Waals surface area (Å²) >= 11 is 0. The minimum Gasteiger partial charge on any atom is -0.276 e. The summed E-state index contributed by atoms with van der Waals surface area (Å²) in [5.41, 5.74) is 9.26. The van der Waals surface area contributed by atoms with Gasteiger partial charge in [0.1, 0.15) is 0 Å². The van der Waals surface area contributed by atoms with Crippen LogP contribution in [0.4, 0.5) is 0 Å². The number of fused-ring (bicyclic) bond motifs is 5. The number of aromatic nitrogens is 1. The molecular weight excluding hydrogens is 522 g/mol. The Morgan fingerprint density at radius 1 is 0.419 bits per heavy atom. The van der Waals surface area contributed by atoms with Gasteiger partial charge in [-0.15, -0.1) is 0 Å². The van der Waals surface area contributed by atoms with Crippen molar-refractivity contribution in [2.75, 3.05) is 0 Å². The van der Waals surface area contributed by atoms with Crippen LogP contribution in [0.5, 0.6) is 0 Å². The number of hydrogen-bond acceptors (Lipinski definition) is 1. The molecule has 8 rings (SSSR count). The van der Waals surface area contributed by atoms with Crippen molar-refractivity contribution in [1.29, 1.82) is 0 Å². The molecule has 0 unspecified atom stereocenters. The van der Waals surface area contributed by atoms with E-state index in [1.165, 1.54) is 49.4 Å². The van der Waals surface area contributed by atoms with Crippen molar-refractivity contribution in [3.05, 3.63) is 161 Å². The lowest BCUT2D eigenvalue weighted by atomic mass is 9.83. The molecule has 0 bridgehead atoms. The monoisotopic (exact) mass is 551 g/mol. The lowest BCUT2D eigenvalue weighted by Crippen LogP contribution is -2.19. The molecule has 43 heavy (non-hydrogen) atoms. The van der Waals surface area contributed by atoms with E-state index < -0.39 is 0 Å². The van der Waals surface area contributed by atoms with E-state index in [4.69, 9.17) is 0 Å². The number of benzene rings is 7. The molecule has 0 radical (unpaired) electrons. The number of hydrogen-bond donors (Lipinski definition) is 0. The predicted molar refractivity (Wildman–Crippen MR) is 182 cm³/mol. The van der Waals surface area contributed by atoms with Crippen LogP contribution in [0.3, 0.4) is 0 Å². The van der Waals surface area contributed by atoms with Gasteiger partial charge >= 0.3 is 0 Å². The van der Waals surface area contributed by atoms with Crippen molar-refractivity contribution in [3.63, 3.8) is 0 Å². The smallest absolute Gasteiger partial charge is 0.263 e. The van der Waals surface area contributed by atoms with Gasteiger partial charge in [-0.3, -0.25) is 9.36 Å². The molecule has 0 N–H and O–H groups in total. The van der Waals surface area contributed by atoms with Gasteiger partial charge in [0, 0.05) is 16.5 Å². The Morgan fingerprint density at radius 3 is 1.53 bits per heavy atom. The number of para-hydroxylation sites is 1. The summed E-state index contributed by atoms with van der Waals surface area (Å²) in [6, 6.07) is 48.6. The van der Waals surface area contributed by atoms with Gasteiger partial charge in [-0.2, -0.15) is 0 Å². The minimum absolute atomic E-state index is 0.00379. The second-order valence-corrected chi connectivity index (χ2v) is 11.4. The van der Waals surface area contributed by atoms with Crippen molar-refractivity contribution in [2.24, 2.45) is 0 Å². The van der Waals surface area contributed by atoms with E-state index in [0.29, 0.717) is 0 Å². The number of nitrogens with zero attached hydrogens (tertiary/aromatic N) is 1. The average molecular weight is 552 g/mol. The molecule has 2 heteroatoms. The summed E-state index contributed by atoms with van der Waals surface area (Å²) < 4.78 is 1.85. The Hall–Kier alpha value is -5.47. The summed E-state index contributed by atoms with van der Waals surface area (Å²) in [6.07, 6.45) is 0. The van der Waals surface area contributed by atoms with Crippen LogP contribution in [-0.4, -0.2) is 4.57 Å². The van der Waals surface area contributed by atoms with Crippen molar-refractivity contribution in [3.8, 4) is 27.9 Å². The predicted octanol–water partition coefficient (Wildman–Crippen LogP) is 10.4. The number of aryl methyl sites for hydroxylation is 2. The van der Waals surface area contributed by atoms with E-state index in [2.05, 4.69) is 105 Å². The highest BCUT2D eigenvalue weighted by molar-refractivity contribution is 6.22. The molecule has 1 heterocycles. The molecule has 7 aromatic carbocycles. The molecule has 0 amide bonds. The highest BCUT2D eigenvalue weighted by Gasteiger charge is 2.20. The second kappa shape index (κ2) is 9.82. The third kappa shape index (κ3) is 3.84. The Balaban J connectivity index is 1.52. The normalized spacial score (nSPS) is 11.6. The first-order chi connectivity index (χ1) is 21.1. The Morgan fingerprint density at radius 2 is 0.930 bits per heavy atom. The maximum atomic E-state index is 13.8. The van der Waals surface area contributed by atoms with Crippen molar-refractivity contribution < 1.29 is 0 Å². The second-order valence-electron chi connectivity index (χ2n) is 11.4. The van der Waals surface area contributed by atoms with Gasteiger partial charge in [0.25, 0.3) is 5.56 Å². The van der Waals surface area contributed by atoms with Gasteiger partial charge in [0.15, 0.2) is 0 Å². The summed E-state index contributed by atoms with van der Waals surface area (Å²) in [5, 5.41) is 7.68. The molecule has 0 fully saturated rings. The van der Waals surface area contributed by atoms with Gasteiger partial charge in [-0.05, 0) is 104 Å². The summed E-state index contributed by atoms with van der Waals surface area (Å²) in [4.78, 5) is 13.8. The summed E-state index contributed by atoms with van der Waals surface area (Å²) in [5.74, 6) is 0. The zero-order valence-corrected chi connectivity index (χ0v) is 24.1. The van der Waals surface area contributed by atoms with E-state index >= 15 is 0 Å². The highest BCUT2D eigenvalue weighted by Crippen LogP contribution is 2.45. The standard InChI is InChI=1S/C41H29NO/c1-26-13-12-14-27(2)38(26)40-33-20-9-7-18-31(33)39(32-19-8-10-21-34(32)40)28-23-24-37-36(25-28)30-17-6-11-22-35(30)41(43)42(37)29-15-4-3-5-16-29/h3-25H,1-2H3. The molecule has 8 aromatic rings. The zero-order valence-electron chi connectivity index (χ0n) is 24.1. The molecule has 0 spiro atoms. The first-order valence-corrected chi connectivity index (χ1v) is 14.7. The van der Waals surface area contributed by atoms with Crippen LogP contribution in [-0.2, 0) is 0 Å². The molecule has 204 valence electrons. The molecule has 2 nitrogen and oxygen atoms in total. The maximum absolute atomic E-state index is 13.8. The lowest BCUT2D eigenvalue weighted by molar-refractivity contribution is 1.06. The first-order valence-electron chi connectivity index (χ1n) is 14.7. The molecule has 0 aliphatic carbocycles. The quantitative estimate of drug-likeness (QED) is 0.158. The topological polar surface area (TPSA) is 22.0 Å². The largest absolute Gasteiger partial charge is 0.276 e. The minimum atomic E-state index is -0.00379. The number of rotatable bonds is 3. The van der Waals surface area contributed by atoms with Crippen LogP contribution >= 0.6 is 0 Å². The van der Waals surface area contributed by atoms with Crippen LogP contribution in [0.15, 0.2) is 144 Å². The Labute approximate surface area is 250 Å². The third-order valence-corrected chi connectivity index (χ3v) is 8.85. The average Bonchev–Trinajstić information content (AvgIpc) is 3.05. The highest BCUT2D eigenvalue weighted by atomic mass is 16.1. The van der Waals surface area contributed by atoms with Gasteiger partial charge in [-0.25, -0.2) is 0 Å². The third-order valence-electron chi connectivity index (χ3n) is 8.85. The van der Waals surface area contributed by atoms with Crippen LogP contribution in [0.25, 0.3) is 71.2 Å². The van der Waals surface area contributed by atoms with Crippen LogP contribution in [0, 0.1) is 13.8 Å². The van der Waals surface area contributed by atoms with Gasteiger partial charge < -0.3 is 0 Å². The molecule has 1 aromatic heterocycles. The molecule has 0 saturated heterocycles. The fourth-order valence-electron chi connectivity index (χ4n) is 6.99. The Kier molecular flexibility index (Phi) is 5.77. The van der Waals surface area contributed by atoms with Crippen LogP contribution < -0.4 is 5.56 Å². The van der Waals surface area contributed by atoms with Crippen molar-refractivity contribution in [1.82, 2.24) is 4.57 Å². The van der Waals surface area contributed by atoms with Crippen molar-refractivity contribution >= 4 is 43.2 Å². The molecular formula is C41H29NO. The first kappa shape index (κ1) is 25.3. The zero-order chi connectivity index (χ0) is 29.1. The summed E-state index contributed by atoms with van der Waals surface area (Å²) in [7, 11) is 0. The van der Waals surface area contributed by atoms with E-state index in [0.717, 1.165) is 32.9 Å². The maximum Gasteiger partial charge on any atom is 0.263 e. The van der Waals surface area contributed by atoms with E-state index in [-0.39, 0.29) is 5.56 Å². The molecule has 0 atom stereocenters. The molecule has 0 aliphatic heterocycles. The van der Waals surface area contributed by atoms with Gasteiger partial charge in [0.05, 0.1) is 5.52 Å². The summed E-state index contributed by atoms with van der Waals surface area (Å²) in [6.45, 7) is 4.42. The van der Waals surface area contributed by atoms with E-state index in [1.807, 2.05) is 53.1 Å². The fourth-order valence-corrected chi connectivity index (χ4v) is 6.99. The SMILES string of the molecule is Cc1cccc(C)c1-c1c2ccccc2c(-c2ccc3c(c2)c2ccccc2c(=O)n3-c2ccccc2)c2ccccc12. The Bertz CT molecular complexity index is 2360. The van der Waals surface area contributed by atoms with Crippen molar-refractivity contribution in [2.45, 2.75) is 13.8 Å². The fraction of sp³-hybridized carbons (Fsp3) is 0.0488. The van der Waals surface area contributed by atoms with Crippen LogP contribution in [0.1, 0.15) is 11.1 Å². The van der Waals surface area contributed by atoms with E-state index in [1.54, 1.807) is 0 Å². The number of pyridine rings is 1. The molecule has 0 saturated carbocycles. The van der Waals surface area contributed by atoms with E-state index in [9.17, 15) is 4.79 Å². The molecule has 0 aliphatic rings. The van der Waals surface area contributed by atoms with Crippen LogP contribution in [0.2, 0.25) is 0 Å². The van der Waals surface area contributed by atoms with Gasteiger partial charge in [-0.1, -0.05) is 109 Å². The lowest BCUT2D eigenvalue weighted by Gasteiger charge is -2.20. The van der Waals surface area contributed by atoms with Gasteiger partial charge in [0.2, 0.25) is 0 Å².